The molecule has 0 aliphatic heterocycles. The first-order chi connectivity index (χ1) is 12.3. The van der Waals surface area contributed by atoms with Crippen LogP contribution in [0.2, 0.25) is 0 Å². The van der Waals surface area contributed by atoms with Crippen LogP contribution in [0.15, 0.2) is 53.6 Å². The number of hydrazone groups is 1. The zero-order valence-electron chi connectivity index (χ0n) is 15.0. The molecule has 0 saturated heterocycles. The van der Waals surface area contributed by atoms with Gasteiger partial charge in [0, 0.05) is 11.1 Å². The van der Waals surface area contributed by atoms with Crippen molar-refractivity contribution in [2.75, 3.05) is 6.61 Å². The molecule has 0 atom stereocenters. The molecule has 0 heterocycles. The second kappa shape index (κ2) is 8.29. The van der Waals surface area contributed by atoms with E-state index in [0.717, 1.165) is 5.56 Å². The Labute approximate surface area is 152 Å². The van der Waals surface area contributed by atoms with Crippen LogP contribution in [0.3, 0.4) is 0 Å². The molecule has 0 spiro atoms. The van der Waals surface area contributed by atoms with Crippen molar-refractivity contribution >= 4 is 18.1 Å². The van der Waals surface area contributed by atoms with Gasteiger partial charge in [0.25, 0.3) is 5.91 Å². The number of amides is 1. The van der Waals surface area contributed by atoms with E-state index in [2.05, 4.69) is 31.3 Å². The van der Waals surface area contributed by atoms with E-state index in [0.29, 0.717) is 16.9 Å². The van der Waals surface area contributed by atoms with Crippen LogP contribution < -0.4 is 15.3 Å². The largest absolute Gasteiger partial charge is 0.546 e. The monoisotopic (exact) mass is 353 g/mol. The summed E-state index contributed by atoms with van der Waals surface area (Å²) >= 11 is 0. The van der Waals surface area contributed by atoms with Gasteiger partial charge in [-0.25, -0.2) is 5.43 Å². The second-order valence-corrected chi connectivity index (χ2v) is 6.72. The number of ether oxygens (including phenoxy) is 1. The summed E-state index contributed by atoms with van der Waals surface area (Å²) in [6.07, 6.45) is 1.39. The normalized spacial score (nSPS) is 11.3. The molecular formula is C20H21N2O4-. The lowest BCUT2D eigenvalue weighted by atomic mass is 9.87. The van der Waals surface area contributed by atoms with Gasteiger partial charge in [-0.15, -0.1) is 0 Å². The van der Waals surface area contributed by atoms with Crippen molar-refractivity contribution in [3.8, 4) is 5.75 Å². The van der Waals surface area contributed by atoms with E-state index in [9.17, 15) is 14.7 Å². The van der Waals surface area contributed by atoms with Crippen molar-refractivity contribution in [2.45, 2.75) is 26.2 Å². The number of hydrogen-bond acceptors (Lipinski definition) is 5. The molecule has 0 aliphatic rings. The minimum Gasteiger partial charge on any atom is -0.546 e. The van der Waals surface area contributed by atoms with E-state index in [1.54, 1.807) is 36.4 Å². The molecule has 0 aliphatic carbocycles. The van der Waals surface area contributed by atoms with E-state index in [1.165, 1.54) is 6.21 Å². The lowest BCUT2D eigenvalue weighted by Crippen LogP contribution is -2.29. The second-order valence-electron chi connectivity index (χ2n) is 6.72. The van der Waals surface area contributed by atoms with E-state index >= 15 is 0 Å². The van der Waals surface area contributed by atoms with Crippen molar-refractivity contribution in [1.82, 2.24) is 5.43 Å². The third-order valence-corrected chi connectivity index (χ3v) is 3.65. The molecule has 0 saturated carbocycles. The van der Waals surface area contributed by atoms with Gasteiger partial charge < -0.3 is 14.6 Å². The number of aliphatic carboxylic acids is 1. The summed E-state index contributed by atoms with van der Waals surface area (Å²) in [4.78, 5) is 22.7. The highest BCUT2D eigenvalue weighted by Crippen LogP contribution is 2.22. The lowest BCUT2D eigenvalue weighted by molar-refractivity contribution is -0.307. The molecule has 2 rings (SSSR count). The molecular weight excluding hydrogens is 332 g/mol. The van der Waals surface area contributed by atoms with Crippen LogP contribution in [0.5, 0.6) is 5.75 Å². The van der Waals surface area contributed by atoms with Gasteiger partial charge in [-0.1, -0.05) is 45.0 Å². The van der Waals surface area contributed by atoms with Crippen LogP contribution in [0.1, 0.15) is 42.3 Å². The van der Waals surface area contributed by atoms with Gasteiger partial charge in [0.15, 0.2) is 0 Å². The molecule has 26 heavy (non-hydrogen) atoms. The van der Waals surface area contributed by atoms with E-state index < -0.39 is 12.6 Å². The number of carbonyl (C=O) groups excluding carboxylic acids is 2. The molecule has 0 radical (unpaired) electrons. The van der Waals surface area contributed by atoms with E-state index in [1.807, 2.05) is 12.1 Å². The average Bonchev–Trinajstić information content (AvgIpc) is 2.60. The molecule has 0 unspecified atom stereocenters. The van der Waals surface area contributed by atoms with Gasteiger partial charge in [-0.3, -0.25) is 4.79 Å². The Morgan fingerprint density at radius 3 is 2.38 bits per heavy atom. The Balaban J connectivity index is 2.02. The van der Waals surface area contributed by atoms with Crippen molar-refractivity contribution in [1.29, 1.82) is 0 Å². The molecule has 1 N–H and O–H groups in total. The first kappa shape index (κ1) is 19.2. The maximum absolute atomic E-state index is 12.2. The fraction of sp³-hybridized carbons (Fsp3) is 0.250. The highest BCUT2D eigenvalue weighted by atomic mass is 16.5. The molecule has 136 valence electrons. The van der Waals surface area contributed by atoms with Crippen molar-refractivity contribution in [2.24, 2.45) is 5.10 Å². The summed E-state index contributed by atoms with van der Waals surface area (Å²) < 4.78 is 5.12. The van der Waals surface area contributed by atoms with Crippen LogP contribution in [0.4, 0.5) is 0 Å². The van der Waals surface area contributed by atoms with Crippen LogP contribution in [-0.2, 0) is 10.2 Å². The Hall–Kier alpha value is -3.15. The summed E-state index contributed by atoms with van der Waals surface area (Å²) in [6, 6.07) is 14.1. The van der Waals surface area contributed by atoms with Gasteiger partial charge in [0.1, 0.15) is 12.4 Å². The SMILES string of the molecule is CC(C)(C)c1ccc(C(=O)N/N=C\c2ccccc2OCC(=O)[O-])cc1. The highest BCUT2D eigenvalue weighted by molar-refractivity contribution is 5.95. The quantitative estimate of drug-likeness (QED) is 0.634. The fourth-order valence-corrected chi connectivity index (χ4v) is 2.20. The smallest absolute Gasteiger partial charge is 0.271 e. The maximum Gasteiger partial charge on any atom is 0.271 e. The van der Waals surface area contributed by atoms with Gasteiger partial charge in [0.2, 0.25) is 0 Å². The third kappa shape index (κ3) is 5.44. The molecule has 0 bridgehead atoms. The highest BCUT2D eigenvalue weighted by Gasteiger charge is 2.14. The predicted octanol–water partition coefficient (Wildman–Crippen LogP) is 1.88. The number of rotatable bonds is 6. The number of benzene rings is 2. The summed E-state index contributed by atoms with van der Waals surface area (Å²) in [5.41, 5.74) is 4.63. The molecule has 2 aromatic rings. The van der Waals surface area contributed by atoms with Crippen molar-refractivity contribution in [3.05, 3.63) is 65.2 Å². The number of nitrogens with one attached hydrogen (secondary N) is 1. The van der Waals surface area contributed by atoms with Crippen LogP contribution >= 0.6 is 0 Å². The molecule has 2 aromatic carbocycles. The first-order valence-electron chi connectivity index (χ1n) is 8.13. The van der Waals surface area contributed by atoms with Gasteiger partial charge in [-0.2, -0.15) is 5.10 Å². The maximum atomic E-state index is 12.2. The number of nitrogens with zero attached hydrogens (tertiary/aromatic N) is 1. The lowest BCUT2D eigenvalue weighted by Gasteiger charge is -2.18. The number of para-hydroxylation sites is 1. The van der Waals surface area contributed by atoms with Crippen LogP contribution in [0.25, 0.3) is 0 Å². The van der Waals surface area contributed by atoms with E-state index in [4.69, 9.17) is 4.74 Å². The van der Waals surface area contributed by atoms with Crippen LogP contribution in [0, 0.1) is 0 Å². The van der Waals surface area contributed by atoms with E-state index in [-0.39, 0.29) is 11.3 Å². The molecule has 6 heteroatoms. The minimum atomic E-state index is -1.32. The average molecular weight is 353 g/mol. The topological polar surface area (TPSA) is 90.8 Å². The fourth-order valence-electron chi connectivity index (χ4n) is 2.20. The Morgan fingerprint density at radius 1 is 1.12 bits per heavy atom. The van der Waals surface area contributed by atoms with Crippen LogP contribution in [-0.4, -0.2) is 24.7 Å². The molecule has 1 amide bonds. The molecule has 0 fully saturated rings. The predicted molar refractivity (Wildman–Crippen MR) is 97.1 cm³/mol. The summed E-state index contributed by atoms with van der Waals surface area (Å²) in [5, 5.41) is 14.4. The third-order valence-electron chi connectivity index (χ3n) is 3.65. The summed E-state index contributed by atoms with van der Waals surface area (Å²) in [6.45, 7) is 5.75. The number of carboxylic acid groups (broad SMARTS) is 1. The summed E-state index contributed by atoms with van der Waals surface area (Å²) in [7, 11) is 0. The molecule has 0 aromatic heterocycles. The first-order valence-corrected chi connectivity index (χ1v) is 8.13. The molecule has 6 nitrogen and oxygen atoms in total. The zero-order valence-corrected chi connectivity index (χ0v) is 15.0. The van der Waals surface area contributed by atoms with Gasteiger partial charge in [0.05, 0.1) is 12.2 Å². The number of hydrogen-bond donors (Lipinski definition) is 1. The standard InChI is InChI=1S/C20H22N2O4/c1-20(2,3)16-10-8-14(9-11-16)19(25)22-21-12-15-6-4-5-7-17(15)26-13-18(23)24/h4-12H,13H2,1-3H3,(H,22,25)(H,23,24)/p-1/b21-12-. The van der Waals surface area contributed by atoms with Gasteiger partial charge in [-0.05, 0) is 35.2 Å². The number of carboxylic acids is 1. The minimum absolute atomic E-state index is 0.0162. The summed E-state index contributed by atoms with van der Waals surface area (Å²) in [5.74, 6) is -1.32. The Kier molecular flexibility index (Phi) is 6.11. The van der Waals surface area contributed by atoms with Crippen molar-refractivity contribution in [3.63, 3.8) is 0 Å². The zero-order chi connectivity index (χ0) is 19.2. The van der Waals surface area contributed by atoms with Gasteiger partial charge >= 0.3 is 0 Å². The Morgan fingerprint density at radius 2 is 1.77 bits per heavy atom. The van der Waals surface area contributed by atoms with Crippen molar-refractivity contribution < 1.29 is 19.4 Å². The number of carbonyl (C=O) groups is 2. The Bertz CT molecular complexity index is 805.